The maximum atomic E-state index is 5.37. The number of hydrogen-bond acceptors (Lipinski definition) is 6. The van der Waals surface area contributed by atoms with E-state index in [1.54, 1.807) is 6.20 Å². The molecule has 0 saturated carbocycles. The van der Waals surface area contributed by atoms with Gasteiger partial charge in [-0.3, -0.25) is 0 Å². The van der Waals surface area contributed by atoms with Gasteiger partial charge >= 0.3 is 0 Å². The van der Waals surface area contributed by atoms with Crippen LogP contribution in [0.1, 0.15) is 0 Å². The van der Waals surface area contributed by atoms with Crippen LogP contribution in [0.3, 0.4) is 0 Å². The summed E-state index contributed by atoms with van der Waals surface area (Å²) >= 11 is 1.13. The molecule has 0 bridgehead atoms. The molecule has 2 N–H and O–H groups in total. The van der Waals surface area contributed by atoms with E-state index in [4.69, 9.17) is 10.2 Å². The molecule has 0 spiro atoms. The lowest BCUT2D eigenvalue weighted by Gasteiger charge is -1.81. The molecule has 0 fully saturated rings. The van der Waals surface area contributed by atoms with Crippen LogP contribution in [0.15, 0.2) is 17.0 Å². The molecule has 0 amide bonds. The molecular formula is C5H4N4OS. The van der Waals surface area contributed by atoms with Crippen LogP contribution in [-0.4, -0.2) is 14.3 Å². The van der Waals surface area contributed by atoms with E-state index in [9.17, 15) is 0 Å². The second-order valence-corrected chi connectivity index (χ2v) is 2.61. The van der Waals surface area contributed by atoms with Gasteiger partial charge in [-0.1, -0.05) is 0 Å². The molecule has 0 aliphatic carbocycles. The summed E-state index contributed by atoms with van der Waals surface area (Å²) in [4.78, 5) is 7.63. The van der Waals surface area contributed by atoms with E-state index in [-0.39, 0.29) is 0 Å². The van der Waals surface area contributed by atoms with Gasteiger partial charge in [0, 0.05) is 11.5 Å². The highest BCUT2D eigenvalue weighted by molar-refractivity contribution is 7.09. The third-order valence-electron chi connectivity index (χ3n) is 1.09. The van der Waals surface area contributed by atoms with Gasteiger partial charge in [0.1, 0.15) is 0 Å². The predicted molar refractivity (Wildman–Crippen MR) is 39.8 cm³/mol. The highest BCUT2D eigenvalue weighted by Crippen LogP contribution is 2.17. The predicted octanol–water partition coefficient (Wildman–Crippen LogP) is 0.775. The highest BCUT2D eigenvalue weighted by Gasteiger charge is 2.06. The second kappa shape index (κ2) is 2.31. The second-order valence-electron chi connectivity index (χ2n) is 1.82. The smallest absolute Gasteiger partial charge is 0.212 e. The number of oxazole rings is 1. The van der Waals surface area contributed by atoms with Gasteiger partial charge in [-0.15, -0.1) is 0 Å². The standard InChI is InChI=1S/C5H4N4OS/c6-5-8-4(9-11-5)3-1-7-2-10-3/h1-2H,(H2,6,8,9). The molecule has 0 unspecified atom stereocenters. The zero-order chi connectivity index (χ0) is 7.68. The van der Waals surface area contributed by atoms with Crippen LogP contribution in [0.4, 0.5) is 5.13 Å². The summed E-state index contributed by atoms with van der Waals surface area (Å²) in [7, 11) is 0. The summed E-state index contributed by atoms with van der Waals surface area (Å²) in [6.07, 6.45) is 2.87. The molecule has 2 aromatic rings. The quantitative estimate of drug-likeness (QED) is 0.680. The van der Waals surface area contributed by atoms with Crippen LogP contribution in [0.2, 0.25) is 0 Å². The van der Waals surface area contributed by atoms with Crippen molar-refractivity contribution in [2.24, 2.45) is 0 Å². The molecule has 2 aromatic heterocycles. The molecule has 0 aliphatic rings. The Labute approximate surface area is 66.1 Å². The number of rotatable bonds is 1. The molecular weight excluding hydrogens is 164 g/mol. The molecule has 0 aliphatic heterocycles. The molecule has 0 atom stereocenters. The maximum Gasteiger partial charge on any atom is 0.212 e. The van der Waals surface area contributed by atoms with Crippen molar-refractivity contribution in [3.05, 3.63) is 12.6 Å². The molecule has 11 heavy (non-hydrogen) atoms. The first-order valence-electron chi connectivity index (χ1n) is 2.84. The van der Waals surface area contributed by atoms with Gasteiger partial charge in [-0.05, 0) is 0 Å². The van der Waals surface area contributed by atoms with Crippen LogP contribution in [0, 0.1) is 0 Å². The SMILES string of the molecule is Nc1nc(-c2cnco2)ns1. The zero-order valence-electron chi connectivity index (χ0n) is 5.39. The Morgan fingerprint density at radius 1 is 1.55 bits per heavy atom. The van der Waals surface area contributed by atoms with Crippen LogP contribution in [-0.2, 0) is 0 Å². The van der Waals surface area contributed by atoms with Crippen molar-refractivity contribution in [1.29, 1.82) is 0 Å². The minimum absolute atomic E-state index is 0.427. The molecule has 0 saturated heterocycles. The van der Waals surface area contributed by atoms with Gasteiger partial charge in [-0.2, -0.15) is 9.36 Å². The van der Waals surface area contributed by atoms with Gasteiger partial charge in [0.25, 0.3) is 0 Å². The van der Waals surface area contributed by atoms with Crippen LogP contribution in [0.25, 0.3) is 11.6 Å². The molecule has 6 heteroatoms. The van der Waals surface area contributed by atoms with E-state index in [2.05, 4.69) is 14.3 Å². The number of anilines is 1. The van der Waals surface area contributed by atoms with E-state index in [1.165, 1.54) is 6.39 Å². The van der Waals surface area contributed by atoms with E-state index < -0.39 is 0 Å². The minimum atomic E-state index is 0.427. The molecule has 0 aromatic carbocycles. The Bertz CT molecular complexity index is 341. The summed E-state index contributed by atoms with van der Waals surface area (Å²) in [5.41, 5.74) is 5.37. The Kier molecular flexibility index (Phi) is 1.32. The van der Waals surface area contributed by atoms with E-state index >= 15 is 0 Å². The Hall–Kier alpha value is -1.43. The van der Waals surface area contributed by atoms with E-state index in [0.29, 0.717) is 16.7 Å². The number of nitrogens with zero attached hydrogens (tertiary/aromatic N) is 3. The van der Waals surface area contributed by atoms with Crippen LogP contribution in [0.5, 0.6) is 0 Å². The summed E-state index contributed by atoms with van der Waals surface area (Å²) in [6.45, 7) is 0. The maximum absolute atomic E-state index is 5.37. The van der Waals surface area contributed by atoms with Gasteiger partial charge < -0.3 is 10.2 Å². The zero-order valence-corrected chi connectivity index (χ0v) is 6.21. The normalized spacial score (nSPS) is 10.2. The van der Waals surface area contributed by atoms with Crippen molar-refractivity contribution >= 4 is 16.7 Å². The number of hydrogen-bond donors (Lipinski definition) is 1. The van der Waals surface area contributed by atoms with Gasteiger partial charge in [0.2, 0.25) is 5.82 Å². The third-order valence-corrected chi connectivity index (χ3v) is 1.64. The fraction of sp³-hybridized carbons (Fsp3) is 0. The lowest BCUT2D eigenvalue weighted by molar-refractivity contribution is 0.568. The third kappa shape index (κ3) is 1.07. The first kappa shape index (κ1) is 6.29. The Balaban J connectivity index is 2.45. The lowest BCUT2D eigenvalue weighted by Crippen LogP contribution is -1.81. The largest absolute Gasteiger partial charge is 0.440 e. The first-order valence-corrected chi connectivity index (χ1v) is 3.61. The van der Waals surface area contributed by atoms with Gasteiger partial charge in [0.15, 0.2) is 17.3 Å². The van der Waals surface area contributed by atoms with Crippen molar-refractivity contribution in [3.8, 4) is 11.6 Å². The Morgan fingerprint density at radius 3 is 3.00 bits per heavy atom. The van der Waals surface area contributed by atoms with Crippen molar-refractivity contribution in [2.75, 3.05) is 5.73 Å². The summed E-state index contributed by atoms with van der Waals surface area (Å²) < 4.78 is 8.88. The summed E-state index contributed by atoms with van der Waals surface area (Å²) in [5, 5.41) is 0.427. The molecule has 5 nitrogen and oxygen atoms in total. The number of nitrogen functional groups attached to an aromatic ring is 1. The van der Waals surface area contributed by atoms with Crippen molar-refractivity contribution in [1.82, 2.24) is 14.3 Å². The monoisotopic (exact) mass is 168 g/mol. The summed E-state index contributed by atoms with van der Waals surface area (Å²) in [5.74, 6) is 1.03. The van der Waals surface area contributed by atoms with E-state index in [0.717, 1.165) is 11.5 Å². The number of aromatic nitrogens is 3. The van der Waals surface area contributed by atoms with Crippen molar-refractivity contribution < 1.29 is 4.42 Å². The van der Waals surface area contributed by atoms with Crippen LogP contribution >= 0.6 is 11.5 Å². The summed E-state index contributed by atoms with van der Waals surface area (Å²) in [6, 6.07) is 0. The highest BCUT2D eigenvalue weighted by atomic mass is 32.1. The van der Waals surface area contributed by atoms with Gasteiger partial charge in [-0.25, -0.2) is 4.98 Å². The number of nitrogens with two attached hydrogens (primary N) is 1. The fourth-order valence-corrected chi connectivity index (χ4v) is 1.10. The lowest BCUT2D eigenvalue weighted by atomic mass is 10.5. The van der Waals surface area contributed by atoms with E-state index in [1.807, 2.05) is 0 Å². The van der Waals surface area contributed by atoms with Crippen molar-refractivity contribution in [3.63, 3.8) is 0 Å². The minimum Gasteiger partial charge on any atom is -0.440 e. The average Bonchev–Trinajstić information content (AvgIpc) is 2.55. The first-order chi connectivity index (χ1) is 5.36. The van der Waals surface area contributed by atoms with Gasteiger partial charge in [0.05, 0.1) is 6.20 Å². The molecule has 56 valence electrons. The fourth-order valence-electron chi connectivity index (χ4n) is 0.661. The Morgan fingerprint density at radius 2 is 2.45 bits per heavy atom. The topological polar surface area (TPSA) is 77.8 Å². The molecule has 0 radical (unpaired) electrons. The molecule has 2 rings (SSSR count). The molecule has 2 heterocycles. The van der Waals surface area contributed by atoms with Crippen molar-refractivity contribution in [2.45, 2.75) is 0 Å². The van der Waals surface area contributed by atoms with Crippen LogP contribution < -0.4 is 5.73 Å². The average molecular weight is 168 g/mol.